The molecule has 1 N–H and O–H groups in total. The number of unbranched alkanes of at least 4 members (excludes halogenated alkanes) is 9. The van der Waals surface area contributed by atoms with Crippen LogP contribution in [0.15, 0.2) is 0 Å². The molecule has 0 aromatic carbocycles. The smallest absolute Gasteiger partial charge is 0.379 e. The van der Waals surface area contributed by atoms with E-state index in [9.17, 15) is 9.46 Å². The third-order valence-corrected chi connectivity index (χ3v) is 5.70. The number of methoxy groups -OCH3 is 1. The monoisotopic (exact) mass is 440 g/mol. The number of nitrogens with zero attached hydrogens (tertiary/aromatic N) is 1. The van der Waals surface area contributed by atoms with Crippen LogP contribution in [0.4, 0.5) is 0 Å². The Kier molecular flexibility index (Phi) is 17.6. The molecule has 0 fully saturated rings. The standard InChI is InChI=1S/C21H46NO6P/c1-6-7-8-9-10-11-12-13-14-15-17-26-19-21(25-5)20-28-29(23,24)27-18-16-22(2,3)4/h21H,6-20H2,1-5H3/p+1. The molecule has 0 aromatic rings. The van der Waals surface area contributed by atoms with Gasteiger partial charge in [0.25, 0.3) is 0 Å². The fraction of sp³-hybridized carbons (Fsp3) is 1.00. The Bertz CT molecular complexity index is 416. The number of hydrogen-bond acceptors (Lipinski definition) is 5. The van der Waals surface area contributed by atoms with E-state index < -0.39 is 7.82 Å². The summed E-state index contributed by atoms with van der Waals surface area (Å²) in [7, 11) is 3.44. The lowest BCUT2D eigenvalue weighted by Gasteiger charge is -2.24. The highest BCUT2D eigenvalue weighted by molar-refractivity contribution is 7.47. The van der Waals surface area contributed by atoms with Gasteiger partial charge in [-0.1, -0.05) is 64.7 Å². The number of quaternary nitrogens is 1. The molecule has 0 radical (unpaired) electrons. The molecule has 2 unspecified atom stereocenters. The molecule has 0 saturated carbocycles. The highest BCUT2D eigenvalue weighted by Crippen LogP contribution is 2.43. The molecule has 176 valence electrons. The Labute approximate surface area is 179 Å². The Hall–Kier alpha value is -0.0100. The summed E-state index contributed by atoms with van der Waals surface area (Å²) in [5.74, 6) is 0. The van der Waals surface area contributed by atoms with E-state index in [2.05, 4.69) is 6.92 Å². The normalized spacial score (nSPS) is 15.4. The van der Waals surface area contributed by atoms with Gasteiger partial charge in [0, 0.05) is 13.7 Å². The van der Waals surface area contributed by atoms with Crippen LogP contribution in [-0.2, 0) is 23.1 Å². The van der Waals surface area contributed by atoms with E-state index in [4.69, 9.17) is 18.5 Å². The van der Waals surface area contributed by atoms with Crippen LogP contribution in [0.5, 0.6) is 0 Å². The second kappa shape index (κ2) is 17.6. The van der Waals surface area contributed by atoms with Crippen molar-refractivity contribution in [2.24, 2.45) is 0 Å². The van der Waals surface area contributed by atoms with Gasteiger partial charge in [0.2, 0.25) is 0 Å². The van der Waals surface area contributed by atoms with Gasteiger partial charge in [-0.25, -0.2) is 4.57 Å². The van der Waals surface area contributed by atoms with Gasteiger partial charge in [0.1, 0.15) is 19.3 Å². The topological polar surface area (TPSA) is 74.2 Å². The molecule has 0 aliphatic carbocycles. The zero-order valence-electron chi connectivity index (χ0n) is 19.6. The molecule has 0 aliphatic heterocycles. The van der Waals surface area contributed by atoms with Crippen LogP contribution in [0, 0.1) is 0 Å². The lowest BCUT2D eigenvalue weighted by atomic mass is 10.1. The van der Waals surface area contributed by atoms with Crippen molar-refractivity contribution in [3.63, 3.8) is 0 Å². The van der Waals surface area contributed by atoms with Gasteiger partial charge in [-0.3, -0.25) is 9.05 Å². The third kappa shape index (κ3) is 21.0. The molecular formula is C21H47NO6P+. The van der Waals surface area contributed by atoms with Crippen LogP contribution in [0.1, 0.15) is 71.1 Å². The molecule has 2 atom stereocenters. The van der Waals surface area contributed by atoms with Gasteiger partial charge in [0.15, 0.2) is 0 Å². The maximum Gasteiger partial charge on any atom is 0.472 e. The van der Waals surface area contributed by atoms with E-state index >= 15 is 0 Å². The second-order valence-electron chi connectivity index (χ2n) is 8.73. The van der Waals surface area contributed by atoms with E-state index in [0.717, 1.165) is 6.42 Å². The summed E-state index contributed by atoms with van der Waals surface area (Å²) in [4.78, 5) is 9.74. The summed E-state index contributed by atoms with van der Waals surface area (Å²) in [5, 5.41) is 0. The first kappa shape index (κ1) is 29.0. The molecule has 7 nitrogen and oxygen atoms in total. The molecular weight excluding hydrogens is 393 g/mol. The van der Waals surface area contributed by atoms with Crippen LogP contribution in [0.25, 0.3) is 0 Å². The van der Waals surface area contributed by atoms with Gasteiger partial charge in [0.05, 0.1) is 34.4 Å². The van der Waals surface area contributed by atoms with Crippen molar-refractivity contribution in [2.75, 3.05) is 61.2 Å². The summed E-state index contributed by atoms with van der Waals surface area (Å²) in [6.45, 7) is 4.00. The molecule has 0 aromatic heterocycles. The fourth-order valence-electron chi connectivity index (χ4n) is 2.74. The predicted molar refractivity (Wildman–Crippen MR) is 118 cm³/mol. The average Bonchev–Trinajstić information content (AvgIpc) is 2.63. The largest absolute Gasteiger partial charge is 0.472 e. The zero-order valence-corrected chi connectivity index (χ0v) is 20.5. The summed E-state index contributed by atoms with van der Waals surface area (Å²) < 4.78 is 33.5. The Morgan fingerprint density at radius 3 is 1.90 bits per heavy atom. The van der Waals surface area contributed by atoms with Crippen LogP contribution in [-0.4, -0.2) is 76.7 Å². The SMILES string of the molecule is CCCCCCCCCCCCOCC(COP(=O)(O)OCC[N+](C)(C)C)OC. The summed E-state index contributed by atoms with van der Waals surface area (Å²) >= 11 is 0. The minimum Gasteiger partial charge on any atom is -0.379 e. The van der Waals surface area contributed by atoms with Gasteiger partial charge in [-0.05, 0) is 6.42 Å². The number of phosphoric acid groups is 1. The van der Waals surface area contributed by atoms with E-state index in [1.165, 1.54) is 64.9 Å². The first-order valence-electron chi connectivity index (χ1n) is 11.2. The van der Waals surface area contributed by atoms with E-state index in [1.807, 2.05) is 21.1 Å². The third-order valence-electron chi connectivity index (χ3n) is 4.72. The second-order valence-corrected chi connectivity index (χ2v) is 10.2. The van der Waals surface area contributed by atoms with Crippen LogP contribution < -0.4 is 0 Å². The molecule has 0 rings (SSSR count). The van der Waals surface area contributed by atoms with Gasteiger partial charge < -0.3 is 18.9 Å². The lowest BCUT2D eigenvalue weighted by molar-refractivity contribution is -0.870. The molecule has 0 bridgehead atoms. The maximum absolute atomic E-state index is 11.9. The molecule has 29 heavy (non-hydrogen) atoms. The lowest BCUT2D eigenvalue weighted by Crippen LogP contribution is -2.37. The van der Waals surface area contributed by atoms with E-state index in [0.29, 0.717) is 24.2 Å². The first-order chi connectivity index (χ1) is 13.7. The number of hydrogen-bond donors (Lipinski definition) is 1. The summed E-state index contributed by atoms with van der Waals surface area (Å²) in [6.07, 6.45) is 12.5. The minimum absolute atomic E-state index is 0.0350. The van der Waals surface area contributed by atoms with Crippen molar-refractivity contribution >= 4 is 7.82 Å². The zero-order chi connectivity index (χ0) is 22.0. The van der Waals surface area contributed by atoms with Crippen LogP contribution in [0.3, 0.4) is 0 Å². The summed E-state index contributed by atoms with van der Waals surface area (Å²) in [5.41, 5.74) is 0. The molecule has 0 heterocycles. The van der Waals surface area contributed by atoms with Crippen LogP contribution in [0.2, 0.25) is 0 Å². The first-order valence-corrected chi connectivity index (χ1v) is 12.7. The van der Waals surface area contributed by atoms with Crippen molar-refractivity contribution < 1.29 is 32.5 Å². The van der Waals surface area contributed by atoms with Crippen molar-refractivity contribution in [3.8, 4) is 0 Å². The highest BCUT2D eigenvalue weighted by atomic mass is 31.2. The summed E-state index contributed by atoms with van der Waals surface area (Å²) in [6, 6.07) is 0. The predicted octanol–water partition coefficient (Wildman–Crippen LogP) is 4.78. The van der Waals surface area contributed by atoms with Crippen molar-refractivity contribution in [1.29, 1.82) is 0 Å². The van der Waals surface area contributed by atoms with Crippen LogP contribution >= 0.6 is 7.82 Å². The van der Waals surface area contributed by atoms with E-state index in [1.54, 1.807) is 0 Å². The van der Waals surface area contributed by atoms with Gasteiger partial charge >= 0.3 is 7.82 Å². The Balaban J connectivity index is 3.65. The highest BCUT2D eigenvalue weighted by Gasteiger charge is 2.24. The number of likely N-dealkylation sites (N-methyl/N-ethyl adjacent to an activating group) is 1. The number of phosphoric ester groups is 1. The minimum atomic E-state index is -4.06. The maximum atomic E-state index is 11.9. The van der Waals surface area contributed by atoms with Crippen molar-refractivity contribution in [3.05, 3.63) is 0 Å². The Morgan fingerprint density at radius 1 is 0.828 bits per heavy atom. The van der Waals surface area contributed by atoms with Crippen molar-refractivity contribution in [1.82, 2.24) is 0 Å². The average molecular weight is 441 g/mol. The molecule has 8 heteroatoms. The quantitative estimate of drug-likeness (QED) is 0.157. The van der Waals surface area contributed by atoms with Crippen molar-refractivity contribution in [2.45, 2.75) is 77.2 Å². The Morgan fingerprint density at radius 2 is 1.38 bits per heavy atom. The molecule has 0 amide bonds. The molecule has 0 saturated heterocycles. The molecule has 0 aliphatic rings. The number of ether oxygens (including phenoxy) is 2. The van der Waals surface area contributed by atoms with Gasteiger partial charge in [-0.2, -0.15) is 0 Å². The molecule has 0 spiro atoms. The number of rotatable bonds is 21. The van der Waals surface area contributed by atoms with Gasteiger partial charge in [-0.15, -0.1) is 0 Å². The van der Waals surface area contributed by atoms with E-state index in [-0.39, 0.29) is 19.3 Å². The fourth-order valence-corrected chi connectivity index (χ4v) is 3.48.